The molecule has 1 heterocycles. The Kier molecular flexibility index (Phi) is 2.97. The lowest BCUT2D eigenvalue weighted by Gasteiger charge is -2.15. The zero-order chi connectivity index (χ0) is 9.14. The zero-order valence-corrected chi connectivity index (χ0v) is 7.98. The molecule has 1 atom stereocenters. The molecule has 0 aliphatic carbocycles. The van der Waals surface area contributed by atoms with Gasteiger partial charge in [0.1, 0.15) is 6.04 Å². The number of carbonyl (C=O) groups excluding carboxylic acids is 2. The lowest BCUT2D eigenvalue weighted by molar-refractivity contribution is -0.112. The third-order valence-corrected chi connectivity index (χ3v) is 2.65. The lowest BCUT2D eigenvalue weighted by Crippen LogP contribution is -2.42. The van der Waals surface area contributed by atoms with E-state index in [9.17, 15) is 9.59 Å². The van der Waals surface area contributed by atoms with Crippen molar-refractivity contribution >= 4 is 22.9 Å². The molecule has 0 spiro atoms. The molecule has 0 aromatic heterocycles. The molecule has 0 saturated carbocycles. The number of thioether (sulfide) groups is 1. The fourth-order valence-electron chi connectivity index (χ4n) is 0.905. The molecule has 1 rings (SSSR count). The van der Waals surface area contributed by atoms with E-state index in [1.54, 1.807) is 14.1 Å². The summed E-state index contributed by atoms with van der Waals surface area (Å²) in [4.78, 5) is 23.6. The lowest BCUT2D eigenvalue weighted by atomic mass is 10.2. The van der Waals surface area contributed by atoms with Gasteiger partial charge in [-0.05, 0) is 6.42 Å². The topological polar surface area (TPSA) is 49.4 Å². The summed E-state index contributed by atoms with van der Waals surface area (Å²) in [5.41, 5.74) is 0. The molecule has 0 radical (unpaired) electrons. The summed E-state index contributed by atoms with van der Waals surface area (Å²) in [5.74, 6) is 0.817. The van der Waals surface area contributed by atoms with Crippen LogP contribution in [0.15, 0.2) is 0 Å². The first-order valence-electron chi connectivity index (χ1n) is 3.75. The first-order valence-corrected chi connectivity index (χ1v) is 4.74. The molecule has 0 bridgehead atoms. The normalized spacial score (nSPS) is 22.5. The number of nitrogens with one attached hydrogen (secondary N) is 1. The van der Waals surface area contributed by atoms with Crippen molar-refractivity contribution in [2.45, 2.75) is 12.5 Å². The highest BCUT2D eigenvalue weighted by molar-refractivity contribution is 8.14. The van der Waals surface area contributed by atoms with Gasteiger partial charge >= 0.3 is 6.03 Å². The van der Waals surface area contributed by atoms with E-state index in [0.29, 0.717) is 0 Å². The van der Waals surface area contributed by atoms with Crippen LogP contribution in [0.1, 0.15) is 6.42 Å². The molecule has 1 aliphatic heterocycles. The van der Waals surface area contributed by atoms with Crippen LogP contribution in [0.5, 0.6) is 0 Å². The first kappa shape index (κ1) is 9.38. The van der Waals surface area contributed by atoms with Crippen molar-refractivity contribution in [3.63, 3.8) is 0 Å². The van der Waals surface area contributed by atoms with Crippen LogP contribution in [-0.2, 0) is 4.79 Å². The van der Waals surface area contributed by atoms with Gasteiger partial charge in [0.15, 0.2) is 0 Å². The number of hydrogen-bond acceptors (Lipinski definition) is 3. The highest BCUT2D eigenvalue weighted by Crippen LogP contribution is 2.19. The van der Waals surface area contributed by atoms with E-state index in [1.165, 1.54) is 16.7 Å². The Labute approximate surface area is 75.7 Å². The fourth-order valence-corrected chi connectivity index (χ4v) is 1.84. The smallest absolute Gasteiger partial charge is 0.317 e. The predicted octanol–water partition coefficient (Wildman–Crippen LogP) is 0.290. The summed E-state index contributed by atoms with van der Waals surface area (Å²) in [6, 6.07) is -0.472. The van der Waals surface area contributed by atoms with Gasteiger partial charge in [-0.25, -0.2) is 4.79 Å². The summed E-state index contributed by atoms with van der Waals surface area (Å²) < 4.78 is 0. The van der Waals surface area contributed by atoms with Crippen molar-refractivity contribution < 1.29 is 9.59 Å². The average Bonchev–Trinajstić information content (AvgIpc) is 2.36. The molecule has 0 aromatic carbocycles. The molecular formula is C7H12N2O2S. The Balaban J connectivity index is 2.40. The van der Waals surface area contributed by atoms with E-state index < -0.39 is 0 Å². The second kappa shape index (κ2) is 3.80. The van der Waals surface area contributed by atoms with Gasteiger partial charge in [-0.15, -0.1) is 0 Å². The minimum atomic E-state index is -0.273. The number of carbonyl (C=O) groups is 2. The highest BCUT2D eigenvalue weighted by atomic mass is 32.2. The Morgan fingerprint density at radius 2 is 2.33 bits per heavy atom. The largest absolute Gasteiger partial charge is 0.331 e. The van der Waals surface area contributed by atoms with E-state index in [2.05, 4.69) is 5.32 Å². The Morgan fingerprint density at radius 1 is 1.67 bits per heavy atom. The number of hydrogen-bond donors (Lipinski definition) is 1. The van der Waals surface area contributed by atoms with E-state index in [-0.39, 0.29) is 17.2 Å². The van der Waals surface area contributed by atoms with Crippen LogP contribution in [0, 0.1) is 0 Å². The zero-order valence-electron chi connectivity index (χ0n) is 7.16. The van der Waals surface area contributed by atoms with E-state index in [4.69, 9.17) is 0 Å². The van der Waals surface area contributed by atoms with Crippen molar-refractivity contribution in [1.82, 2.24) is 10.2 Å². The summed E-state index contributed by atoms with van der Waals surface area (Å²) in [6.07, 6.45) is 0.753. The minimum absolute atomic E-state index is 0.0743. The molecule has 1 fully saturated rings. The fraction of sp³-hybridized carbons (Fsp3) is 0.714. The summed E-state index contributed by atoms with van der Waals surface area (Å²) in [5, 5.41) is 2.72. The number of rotatable bonds is 1. The standard InChI is InChI=1S/C7H12N2O2S/c1-9(2)7(11)8-5-3-4-12-6(5)10/h5H,3-4H2,1-2H3,(H,8,11)/t5-/m0/s1. The van der Waals surface area contributed by atoms with Crippen molar-refractivity contribution in [1.29, 1.82) is 0 Å². The maximum atomic E-state index is 11.1. The van der Waals surface area contributed by atoms with Gasteiger partial charge in [0, 0.05) is 19.8 Å². The second-order valence-corrected chi connectivity index (χ2v) is 3.95. The van der Waals surface area contributed by atoms with Gasteiger partial charge in [0.2, 0.25) is 5.12 Å². The minimum Gasteiger partial charge on any atom is -0.331 e. The van der Waals surface area contributed by atoms with E-state index >= 15 is 0 Å². The number of nitrogens with zero attached hydrogens (tertiary/aromatic N) is 1. The molecular weight excluding hydrogens is 176 g/mol. The van der Waals surface area contributed by atoms with Crippen LogP contribution in [0.25, 0.3) is 0 Å². The SMILES string of the molecule is CN(C)C(=O)N[C@H]1CCSC1=O. The quantitative estimate of drug-likeness (QED) is 0.643. The van der Waals surface area contributed by atoms with Crippen LogP contribution in [0.3, 0.4) is 0 Å². The molecule has 12 heavy (non-hydrogen) atoms. The summed E-state index contributed by atoms with van der Waals surface area (Å²) in [7, 11) is 3.31. The van der Waals surface area contributed by atoms with Gasteiger partial charge in [-0.1, -0.05) is 11.8 Å². The number of amides is 2. The molecule has 2 amide bonds. The Morgan fingerprint density at radius 3 is 2.75 bits per heavy atom. The van der Waals surface area contributed by atoms with Gasteiger partial charge in [-0.2, -0.15) is 0 Å². The van der Waals surface area contributed by atoms with E-state index in [0.717, 1.165) is 12.2 Å². The molecule has 1 aliphatic rings. The maximum absolute atomic E-state index is 11.1. The Hall–Kier alpha value is -0.710. The van der Waals surface area contributed by atoms with Crippen LogP contribution in [0.2, 0.25) is 0 Å². The molecule has 4 nitrogen and oxygen atoms in total. The molecule has 1 saturated heterocycles. The van der Waals surface area contributed by atoms with Crippen LogP contribution >= 0.6 is 11.8 Å². The van der Waals surface area contributed by atoms with Crippen molar-refractivity contribution in [2.75, 3.05) is 19.8 Å². The van der Waals surface area contributed by atoms with Gasteiger partial charge in [0.25, 0.3) is 0 Å². The van der Waals surface area contributed by atoms with Crippen molar-refractivity contribution in [3.8, 4) is 0 Å². The third-order valence-electron chi connectivity index (χ3n) is 1.64. The van der Waals surface area contributed by atoms with E-state index in [1.807, 2.05) is 0 Å². The van der Waals surface area contributed by atoms with Crippen LogP contribution in [-0.4, -0.2) is 41.9 Å². The molecule has 0 aromatic rings. The van der Waals surface area contributed by atoms with Crippen molar-refractivity contribution in [2.24, 2.45) is 0 Å². The van der Waals surface area contributed by atoms with Gasteiger partial charge in [0.05, 0.1) is 0 Å². The molecule has 68 valence electrons. The first-order chi connectivity index (χ1) is 5.61. The summed E-state index contributed by atoms with van der Waals surface area (Å²) >= 11 is 1.29. The van der Waals surface area contributed by atoms with Gasteiger partial charge in [-0.3, -0.25) is 4.79 Å². The van der Waals surface area contributed by atoms with Crippen LogP contribution in [0.4, 0.5) is 4.79 Å². The van der Waals surface area contributed by atoms with Crippen molar-refractivity contribution in [3.05, 3.63) is 0 Å². The number of urea groups is 1. The average molecular weight is 188 g/mol. The molecule has 0 unspecified atom stereocenters. The molecule has 5 heteroatoms. The predicted molar refractivity (Wildman–Crippen MR) is 48.1 cm³/mol. The highest BCUT2D eigenvalue weighted by Gasteiger charge is 2.26. The van der Waals surface area contributed by atoms with Crippen LogP contribution < -0.4 is 5.32 Å². The monoisotopic (exact) mass is 188 g/mol. The molecule has 1 N–H and O–H groups in total. The maximum Gasteiger partial charge on any atom is 0.317 e. The van der Waals surface area contributed by atoms with Gasteiger partial charge < -0.3 is 10.2 Å². The third kappa shape index (κ3) is 2.14. The Bertz CT molecular complexity index is 206. The second-order valence-electron chi connectivity index (χ2n) is 2.85. The summed E-state index contributed by atoms with van der Waals surface area (Å²) in [6.45, 7) is 0.